The number of benzene rings is 3. The number of nitrogens with zero attached hydrogens (tertiary/aromatic N) is 2. The van der Waals surface area contributed by atoms with Crippen LogP contribution in [0.4, 0.5) is 5.69 Å². The Morgan fingerprint density at radius 1 is 0.806 bits per heavy atom. The fraction of sp³-hybridized carbons (Fsp3) is 0. The molecule has 5 rings (SSSR count). The summed E-state index contributed by atoms with van der Waals surface area (Å²) in [6, 6.07) is 30.1. The summed E-state index contributed by atoms with van der Waals surface area (Å²) in [5, 5.41) is 2.95. The Morgan fingerprint density at radius 3 is 2.35 bits per heavy atom. The Labute approximate surface area is 179 Å². The van der Waals surface area contributed by atoms with Gasteiger partial charge in [-0.3, -0.25) is 4.79 Å². The molecule has 0 bridgehead atoms. The van der Waals surface area contributed by atoms with Crippen LogP contribution >= 0.6 is 0 Å². The number of carbonyl (C=O) groups is 1. The molecular formula is C26H19N3O2. The molecule has 5 aromatic rings. The second-order valence-electron chi connectivity index (χ2n) is 7.03. The number of pyridine rings is 1. The van der Waals surface area contributed by atoms with E-state index in [2.05, 4.69) is 10.3 Å². The van der Waals surface area contributed by atoms with Gasteiger partial charge in [0, 0.05) is 23.6 Å². The molecule has 0 radical (unpaired) electrons. The van der Waals surface area contributed by atoms with Crippen LogP contribution in [0.25, 0.3) is 16.9 Å². The van der Waals surface area contributed by atoms with Gasteiger partial charge in [0.25, 0.3) is 5.91 Å². The molecule has 0 aliphatic rings. The Balaban J connectivity index is 1.34. The van der Waals surface area contributed by atoms with Gasteiger partial charge in [-0.05, 0) is 48.5 Å². The second kappa shape index (κ2) is 8.16. The van der Waals surface area contributed by atoms with E-state index in [0.29, 0.717) is 22.7 Å². The number of hydrogen-bond donors (Lipinski definition) is 1. The van der Waals surface area contributed by atoms with Crippen LogP contribution in [0.15, 0.2) is 109 Å². The lowest BCUT2D eigenvalue weighted by Crippen LogP contribution is -2.12. The van der Waals surface area contributed by atoms with Crippen molar-refractivity contribution in [2.45, 2.75) is 0 Å². The van der Waals surface area contributed by atoms with E-state index in [1.165, 1.54) is 0 Å². The Morgan fingerprint density at radius 2 is 1.55 bits per heavy atom. The molecule has 2 aromatic heterocycles. The molecule has 0 aliphatic carbocycles. The minimum absolute atomic E-state index is 0.230. The molecule has 0 saturated heterocycles. The lowest BCUT2D eigenvalue weighted by atomic mass is 10.1. The Bertz CT molecular complexity index is 1310. The van der Waals surface area contributed by atoms with Gasteiger partial charge in [0.05, 0.1) is 11.3 Å². The monoisotopic (exact) mass is 405 g/mol. The van der Waals surface area contributed by atoms with Crippen molar-refractivity contribution in [3.05, 3.63) is 115 Å². The van der Waals surface area contributed by atoms with E-state index in [0.717, 1.165) is 16.9 Å². The van der Waals surface area contributed by atoms with Gasteiger partial charge in [-0.2, -0.15) is 0 Å². The summed E-state index contributed by atoms with van der Waals surface area (Å²) in [5.74, 6) is 0.957. The third-order valence-electron chi connectivity index (χ3n) is 4.91. The number of fused-ring (bicyclic) bond motifs is 1. The van der Waals surface area contributed by atoms with E-state index in [1.807, 2.05) is 102 Å². The lowest BCUT2D eigenvalue weighted by molar-refractivity contribution is 0.102. The predicted octanol–water partition coefficient (Wildman–Crippen LogP) is 6.05. The SMILES string of the molecule is O=C(Nc1ccc(-c2cn3ccccc3n2)cc1)c1ccccc1Oc1ccccc1. The average molecular weight is 405 g/mol. The van der Waals surface area contributed by atoms with Gasteiger partial charge in [-0.1, -0.05) is 48.5 Å². The van der Waals surface area contributed by atoms with Crippen LogP contribution < -0.4 is 10.1 Å². The van der Waals surface area contributed by atoms with Gasteiger partial charge in [0.1, 0.15) is 17.1 Å². The van der Waals surface area contributed by atoms with E-state index in [4.69, 9.17) is 4.74 Å². The molecule has 1 N–H and O–H groups in total. The van der Waals surface area contributed by atoms with Crippen LogP contribution in [-0.2, 0) is 0 Å². The van der Waals surface area contributed by atoms with Crippen LogP contribution in [0.5, 0.6) is 11.5 Å². The molecule has 0 fully saturated rings. The van der Waals surface area contributed by atoms with Gasteiger partial charge in [0.2, 0.25) is 0 Å². The Kier molecular flexibility index (Phi) is 4.91. The van der Waals surface area contributed by atoms with Crippen LogP contribution in [0, 0.1) is 0 Å². The summed E-state index contributed by atoms with van der Waals surface area (Å²) >= 11 is 0. The molecule has 0 spiro atoms. The summed E-state index contributed by atoms with van der Waals surface area (Å²) in [6.45, 7) is 0. The molecule has 0 atom stereocenters. The van der Waals surface area contributed by atoms with Gasteiger partial charge in [-0.25, -0.2) is 4.98 Å². The topological polar surface area (TPSA) is 55.6 Å². The standard InChI is InChI=1S/C26H19N3O2/c30-26(22-10-4-5-11-24(22)31-21-8-2-1-3-9-21)27-20-15-13-19(14-16-20)23-18-29-17-7-6-12-25(29)28-23/h1-18H,(H,27,30). The zero-order valence-electron chi connectivity index (χ0n) is 16.6. The van der Waals surface area contributed by atoms with Crippen molar-refractivity contribution >= 4 is 17.2 Å². The maximum absolute atomic E-state index is 12.9. The number of hydrogen-bond acceptors (Lipinski definition) is 3. The fourth-order valence-electron chi connectivity index (χ4n) is 3.36. The van der Waals surface area contributed by atoms with Crippen LogP contribution in [-0.4, -0.2) is 15.3 Å². The van der Waals surface area contributed by atoms with E-state index in [-0.39, 0.29) is 5.91 Å². The van der Waals surface area contributed by atoms with Gasteiger partial charge >= 0.3 is 0 Å². The fourth-order valence-corrected chi connectivity index (χ4v) is 3.36. The number of aromatic nitrogens is 2. The number of rotatable bonds is 5. The summed E-state index contributed by atoms with van der Waals surface area (Å²) < 4.78 is 7.88. The van der Waals surface area contributed by atoms with Crippen molar-refractivity contribution in [3.63, 3.8) is 0 Å². The molecule has 5 nitrogen and oxygen atoms in total. The minimum atomic E-state index is -0.230. The van der Waals surface area contributed by atoms with Gasteiger partial charge in [-0.15, -0.1) is 0 Å². The largest absolute Gasteiger partial charge is 0.457 e. The zero-order valence-corrected chi connectivity index (χ0v) is 16.6. The highest BCUT2D eigenvalue weighted by atomic mass is 16.5. The molecule has 0 saturated carbocycles. The van der Waals surface area contributed by atoms with Gasteiger partial charge < -0.3 is 14.5 Å². The van der Waals surface area contributed by atoms with Crippen molar-refractivity contribution in [1.29, 1.82) is 0 Å². The third kappa shape index (κ3) is 4.02. The molecule has 1 amide bonds. The average Bonchev–Trinajstić information content (AvgIpc) is 3.25. The summed E-state index contributed by atoms with van der Waals surface area (Å²) in [6.07, 6.45) is 3.95. The molecule has 0 aliphatic heterocycles. The maximum atomic E-state index is 12.9. The first kappa shape index (κ1) is 18.6. The molecule has 150 valence electrons. The quantitative estimate of drug-likeness (QED) is 0.387. The summed E-state index contributed by atoms with van der Waals surface area (Å²) in [4.78, 5) is 17.5. The number of para-hydroxylation sites is 2. The highest BCUT2D eigenvalue weighted by Gasteiger charge is 2.13. The highest BCUT2D eigenvalue weighted by Crippen LogP contribution is 2.26. The smallest absolute Gasteiger partial charge is 0.259 e. The van der Waals surface area contributed by atoms with Crippen LogP contribution in [0.2, 0.25) is 0 Å². The van der Waals surface area contributed by atoms with Crippen LogP contribution in [0.3, 0.4) is 0 Å². The van der Waals surface area contributed by atoms with Crippen molar-refractivity contribution in [2.24, 2.45) is 0 Å². The number of nitrogens with one attached hydrogen (secondary N) is 1. The highest BCUT2D eigenvalue weighted by molar-refractivity contribution is 6.06. The first-order valence-electron chi connectivity index (χ1n) is 9.94. The number of amides is 1. The predicted molar refractivity (Wildman–Crippen MR) is 122 cm³/mol. The van der Waals surface area contributed by atoms with Crippen molar-refractivity contribution in [2.75, 3.05) is 5.32 Å². The molecule has 2 heterocycles. The second-order valence-corrected chi connectivity index (χ2v) is 7.03. The van der Waals surface area contributed by atoms with Gasteiger partial charge in [0.15, 0.2) is 0 Å². The Hall–Kier alpha value is -4.38. The maximum Gasteiger partial charge on any atom is 0.259 e. The van der Waals surface area contributed by atoms with Crippen LogP contribution in [0.1, 0.15) is 10.4 Å². The summed E-state index contributed by atoms with van der Waals surface area (Å²) in [5.41, 5.74) is 3.92. The molecule has 5 heteroatoms. The molecule has 3 aromatic carbocycles. The first-order chi connectivity index (χ1) is 15.3. The van der Waals surface area contributed by atoms with E-state index in [1.54, 1.807) is 12.1 Å². The number of ether oxygens (including phenoxy) is 1. The van der Waals surface area contributed by atoms with E-state index < -0.39 is 0 Å². The number of anilines is 1. The molecular weight excluding hydrogens is 386 g/mol. The van der Waals surface area contributed by atoms with E-state index >= 15 is 0 Å². The number of imidazole rings is 1. The van der Waals surface area contributed by atoms with Crippen molar-refractivity contribution in [1.82, 2.24) is 9.38 Å². The zero-order chi connectivity index (χ0) is 21.0. The summed E-state index contributed by atoms with van der Waals surface area (Å²) in [7, 11) is 0. The van der Waals surface area contributed by atoms with Crippen molar-refractivity contribution < 1.29 is 9.53 Å². The van der Waals surface area contributed by atoms with E-state index in [9.17, 15) is 4.79 Å². The molecule has 0 unspecified atom stereocenters. The van der Waals surface area contributed by atoms with Crippen molar-refractivity contribution in [3.8, 4) is 22.8 Å². The third-order valence-corrected chi connectivity index (χ3v) is 4.91. The lowest BCUT2D eigenvalue weighted by Gasteiger charge is -2.11. The normalized spacial score (nSPS) is 10.7. The molecule has 31 heavy (non-hydrogen) atoms. The first-order valence-corrected chi connectivity index (χ1v) is 9.94. The number of carbonyl (C=O) groups excluding carboxylic acids is 1. The minimum Gasteiger partial charge on any atom is -0.457 e.